The topological polar surface area (TPSA) is 73.9 Å². The molecule has 0 bridgehead atoms. The van der Waals surface area contributed by atoms with Gasteiger partial charge >= 0.3 is 0 Å². The molecular weight excluding hydrogens is 192 g/mol. The predicted molar refractivity (Wildman–Crippen MR) is 52.4 cm³/mol. The number of rotatable bonds is 3. The zero-order chi connectivity index (χ0) is 11.3. The van der Waals surface area contributed by atoms with Crippen LogP contribution in [0.1, 0.15) is 21.5 Å². The number of ether oxygens (including phenoxy) is 1. The lowest BCUT2D eigenvalue weighted by Gasteiger charge is -2.08. The Hall–Kier alpha value is -2.33. The molecule has 0 atom stereocenters. The van der Waals surface area contributed by atoms with E-state index in [2.05, 4.69) is 0 Å². The van der Waals surface area contributed by atoms with Gasteiger partial charge in [-0.2, -0.15) is 10.5 Å². The average molecular weight is 200 g/mol. The van der Waals surface area contributed by atoms with Gasteiger partial charge in [-0.15, -0.1) is 0 Å². The summed E-state index contributed by atoms with van der Waals surface area (Å²) in [6, 6.07) is 7.01. The first-order chi connectivity index (χ1) is 7.28. The summed E-state index contributed by atoms with van der Waals surface area (Å²) in [5, 5.41) is 17.3. The van der Waals surface area contributed by atoms with E-state index in [0.717, 1.165) is 0 Å². The quantitative estimate of drug-likeness (QED) is 0.692. The number of nitriles is 2. The van der Waals surface area contributed by atoms with Crippen LogP contribution in [-0.2, 0) is 6.42 Å². The molecule has 0 fully saturated rings. The molecule has 0 saturated heterocycles. The van der Waals surface area contributed by atoms with E-state index < -0.39 is 0 Å². The Balaban J connectivity index is 3.43. The Bertz CT molecular complexity index is 467. The Kier molecular flexibility index (Phi) is 3.43. The highest BCUT2D eigenvalue weighted by atomic mass is 16.5. The van der Waals surface area contributed by atoms with E-state index in [1.165, 1.54) is 7.11 Å². The van der Waals surface area contributed by atoms with Crippen molar-refractivity contribution in [2.75, 3.05) is 7.11 Å². The molecule has 74 valence electrons. The fourth-order valence-corrected chi connectivity index (χ4v) is 1.32. The summed E-state index contributed by atoms with van der Waals surface area (Å²) in [4.78, 5) is 10.9. The van der Waals surface area contributed by atoms with Gasteiger partial charge in [0.1, 0.15) is 11.8 Å². The van der Waals surface area contributed by atoms with Gasteiger partial charge in [0.15, 0.2) is 6.29 Å². The number of benzene rings is 1. The Morgan fingerprint density at radius 3 is 2.67 bits per heavy atom. The van der Waals surface area contributed by atoms with E-state index in [0.29, 0.717) is 17.4 Å². The van der Waals surface area contributed by atoms with Gasteiger partial charge in [0.25, 0.3) is 0 Å². The number of carbonyl (C=O) groups is 1. The van der Waals surface area contributed by atoms with Gasteiger partial charge in [-0.1, -0.05) is 6.07 Å². The molecule has 1 aromatic carbocycles. The summed E-state index contributed by atoms with van der Waals surface area (Å²) in [6.07, 6.45) is 0.725. The normalized spacial score (nSPS) is 8.73. The third-order valence-electron chi connectivity index (χ3n) is 2.00. The molecule has 0 amide bonds. The van der Waals surface area contributed by atoms with Crippen molar-refractivity contribution in [3.05, 3.63) is 28.8 Å². The Morgan fingerprint density at radius 2 is 2.20 bits per heavy atom. The fourth-order valence-electron chi connectivity index (χ4n) is 1.32. The van der Waals surface area contributed by atoms with Crippen LogP contribution in [-0.4, -0.2) is 13.4 Å². The maximum absolute atomic E-state index is 10.9. The molecule has 4 heteroatoms. The maximum atomic E-state index is 10.9. The lowest BCUT2D eigenvalue weighted by atomic mass is 10.0. The summed E-state index contributed by atoms with van der Waals surface area (Å²) in [5.74, 6) is 0.236. The van der Waals surface area contributed by atoms with Crippen LogP contribution in [0.3, 0.4) is 0 Å². The van der Waals surface area contributed by atoms with Crippen molar-refractivity contribution in [2.24, 2.45) is 0 Å². The van der Waals surface area contributed by atoms with Crippen LogP contribution in [0.5, 0.6) is 5.75 Å². The minimum absolute atomic E-state index is 0.121. The molecule has 0 aliphatic rings. The molecule has 0 N–H and O–H groups in total. The highest BCUT2D eigenvalue weighted by Crippen LogP contribution is 2.25. The van der Waals surface area contributed by atoms with Gasteiger partial charge in [0.2, 0.25) is 0 Å². The third-order valence-corrected chi connectivity index (χ3v) is 2.00. The lowest BCUT2D eigenvalue weighted by Crippen LogP contribution is -1.99. The van der Waals surface area contributed by atoms with Gasteiger partial charge in [-0.3, -0.25) is 4.79 Å². The number of methoxy groups -OCH3 is 1. The number of aldehydes is 1. The minimum Gasteiger partial charge on any atom is -0.495 e. The molecule has 4 nitrogen and oxygen atoms in total. The SMILES string of the molecule is COc1c(C#N)ccc(CC#N)c1C=O. The highest BCUT2D eigenvalue weighted by molar-refractivity contribution is 5.83. The second-order valence-electron chi connectivity index (χ2n) is 2.78. The number of hydrogen-bond acceptors (Lipinski definition) is 4. The van der Waals surface area contributed by atoms with Crippen LogP contribution >= 0.6 is 0 Å². The molecule has 1 aromatic rings. The lowest BCUT2D eigenvalue weighted by molar-refractivity contribution is 0.112. The van der Waals surface area contributed by atoms with Gasteiger partial charge in [-0.05, 0) is 11.6 Å². The summed E-state index contributed by atoms with van der Waals surface area (Å²) in [7, 11) is 1.39. The monoisotopic (exact) mass is 200 g/mol. The molecule has 0 aliphatic carbocycles. The predicted octanol–water partition coefficient (Wildman–Crippen LogP) is 1.45. The van der Waals surface area contributed by atoms with Gasteiger partial charge in [0, 0.05) is 0 Å². The Morgan fingerprint density at radius 1 is 1.47 bits per heavy atom. The summed E-state index contributed by atoms with van der Waals surface area (Å²) < 4.78 is 4.98. The van der Waals surface area contributed by atoms with E-state index in [-0.39, 0.29) is 17.7 Å². The van der Waals surface area contributed by atoms with Crippen molar-refractivity contribution in [2.45, 2.75) is 6.42 Å². The van der Waals surface area contributed by atoms with Crippen molar-refractivity contribution >= 4 is 6.29 Å². The molecule has 0 unspecified atom stereocenters. The number of hydrogen-bond donors (Lipinski definition) is 0. The summed E-state index contributed by atoms with van der Waals surface area (Å²) >= 11 is 0. The van der Waals surface area contributed by atoms with Crippen molar-refractivity contribution < 1.29 is 9.53 Å². The van der Waals surface area contributed by atoms with Crippen LogP contribution < -0.4 is 4.74 Å². The molecule has 0 aliphatic heterocycles. The number of carbonyl (C=O) groups excluding carboxylic acids is 1. The second-order valence-corrected chi connectivity index (χ2v) is 2.78. The smallest absolute Gasteiger partial charge is 0.154 e. The molecule has 15 heavy (non-hydrogen) atoms. The standard InChI is InChI=1S/C11H8N2O2/c1-15-11-9(6-13)3-2-8(4-5-12)10(11)7-14/h2-3,7H,4H2,1H3. The zero-order valence-electron chi connectivity index (χ0n) is 8.15. The molecular formula is C11H8N2O2. The van der Waals surface area contributed by atoms with E-state index in [4.69, 9.17) is 15.3 Å². The first kappa shape index (κ1) is 10.7. The highest BCUT2D eigenvalue weighted by Gasteiger charge is 2.12. The minimum atomic E-state index is 0.121. The molecule has 0 saturated carbocycles. The zero-order valence-corrected chi connectivity index (χ0v) is 8.15. The Labute approximate surface area is 87.3 Å². The van der Waals surface area contributed by atoms with Crippen LogP contribution in [0.15, 0.2) is 12.1 Å². The van der Waals surface area contributed by atoms with Crippen molar-refractivity contribution in [1.82, 2.24) is 0 Å². The van der Waals surface area contributed by atoms with E-state index in [1.807, 2.05) is 12.1 Å². The fraction of sp³-hybridized carbons (Fsp3) is 0.182. The number of nitrogens with zero attached hydrogens (tertiary/aromatic N) is 2. The largest absolute Gasteiger partial charge is 0.495 e. The van der Waals surface area contributed by atoms with Crippen molar-refractivity contribution in [3.8, 4) is 17.9 Å². The van der Waals surface area contributed by atoms with Gasteiger partial charge in [-0.25, -0.2) is 0 Å². The van der Waals surface area contributed by atoms with Crippen LogP contribution in [0.4, 0.5) is 0 Å². The van der Waals surface area contributed by atoms with Gasteiger partial charge < -0.3 is 4.74 Å². The van der Waals surface area contributed by atoms with E-state index in [9.17, 15) is 4.79 Å². The van der Waals surface area contributed by atoms with Gasteiger partial charge in [0.05, 0.1) is 30.7 Å². The first-order valence-corrected chi connectivity index (χ1v) is 4.20. The summed E-state index contributed by atoms with van der Waals surface area (Å²) in [5.41, 5.74) is 1.14. The third kappa shape index (κ3) is 1.95. The van der Waals surface area contributed by atoms with Crippen LogP contribution in [0.25, 0.3) is 0 Å². The van der Waals surface area contributed by atoms with E-state index in [1.54, 1.807) is 12.1 Å². The first-order valence-electron chi connectivity index (χ1n) is 4.20. The van der Waals surface area contributed by atoms with Crippen molar-refractivity contribution in [3.63, 3.8) is 0 Å². The van der Waals surface area contributed by atoms with Crippen LogP contribution in [0.2, 0.25) is 0 Å². The second kappa shape index (κ2) is 4.78. The van der Waals surface area contributed by atoms with Crippen molar-refractivity contribution in [1.29, 1.82) is 10.5 Å². The van der Waals surface area contributed by atoms with Crippen LogP contribution in [0, 0.1) is 22.7 Å². The molecule has 0 aromatic heterocycles. The average Bonchev–Trinajstić information content (AvgIpc) is 2.28. The molecule has 0 spiro atoms. The van der Waals surface area contributed by atoms with E-state index >= 15 is 0 Å². The molecule has 1 rings (SSSR count). The molecule has 0 heterocycles. The maximum Gasteiger partial charge on any atom is 0.154 e. The summed E-state index contributed by atoms with van der Waals surface area (Å²) in [6.45, 7) is 0. The molecule has 0 radical (unpaired) electrons.